The number of fused-ring (bicyclic) bond motifs is 1. The van der Waals surface area contributed by atoms with Crippen molar-refractivity contribution >= 4 is 40.0 Å². The molecular formula is C19H16Cl2FN3O3. The van der Waals surface area contributed by atoms with Crippen molar-refractivity contribution < 1.29 is 18.7 Å². The Balaban J connectivity index is 1.68. The van der Waals surface area contributed by atoms with Gasteiger partial charge in [-0.1, -0.05) is 29.3 Å². The summed E-state index contributed by atoms with van der Waals surface area (Å²) in [5.41, 5.74) is 1.10. The van der Waals surface area contributed by atoms with E-state index in [0.717, 1.165) is 0 Å². The average Bonchev–Trinajstić information content (AvgIpc) is 2.66. The van der Waals surface area contributed by atoms with Crippen LogP contribution in [0.3, 0.4) is 0 Å². The molecule has 0 spiro atoms. The molecule has 0 saturated heterocycles. The summed E-state index contributed by atoms with van der Waals surface area (Å²) in [5.74, 6) is -0.449. The molecule has 0 bridgehead atoms. The van der Waals surface area contributed by atoms with E-state index in [0.29, 0.717) is 26.5 Å². The molecule has 9 heteroatoms. The van der Waals surface area contributed by atoms with Crippen LogP contribution in [0, 0.1) is 5.82 Å². The van der Waals surface area contributed by atoms with E-state index in [4.69, 9.17) is 32.7 Å². The molecule has 0 fully saturated rings. The van der Waals surface area contributed by atoms with Crippen molar-refractivity contribution in [1.29, 1.82) is 0 Å². The van der Waals surface area contributed by atoms with Crippen LogP contribution in [0.2, 0.25) is 10.0 Å². The Morgan fingerprint density at radius 1 is 1.21 bits per heavy atom. The largest absolute Gasteiger partial charge is 0.494 e. The van der Waals surface area contributed by atoms with Crippen molar-refractivity contribution in [3.8, 4) is 11.6 Å². The van der Waals surface area contributed by atoms with Gasteiger partial charge in [0.15, 0.2) is 18.2 Å². The third kappa shape index (κ3) is 4.43. The minimum atomic E-state index is -0.488. The summed E-state index contributed by atoms with van der Waals surface area (Å²) in [6.45, 7) is -0.0450. The van der Waals surface area contributed by atoms with Crippen molar-refractivity contribution in [2.45, 2.75) is 6.54 Å². The van der Waals surface area contributed by atoms with Crippen LogP contribution in [0.25, 0.3) is 10.9 Å². The van der Waals surface area contributed by atoms with E-state index < -0.39 is 5.82 Å². The Morgan fingerprint density at radius 2 is 2.00 bits per heavy atom. The number of carbonyl (C=O) groups excluding carboxylic acids is 1. The molecule has 6 nitrogen and oxygen atoms in total. The van der Waals surface area contributed by atoms with Gasteiger partial charge in [0.1, 0.15) is 6.33 Å². The summed E-state index contributed by atoms with van der Waals surface area (Å²) in [5, 5.41) is 1.27. The molecule has 0 aliphatic carbocycles. The molecule has 0 radical (unpaired) electrons. The standard InChI is InChI=1S/C19H16Cl2FN3O3/c1-25(8-11-3-4-16(27-2)15(22)5-11)17(26)9-28-19-13-6-12(20)7-14(21)18(13)23-10-24-19/h3-7,10H,8-9H2,1-2H3. The summed E-state index contributed by atoms with van der Waals surface area (Å²) < 4.78 is 24.2. The Bertz CT molecular complexity index is 1030. The highest BCUT2D eigenvalue weighted by Crippen LogP contribution is 2.30. The van der Waals surface area contributed by atoms with Crippen molar-refractivity contribution in [2.75, 3.05) is 20.8 Å². The minimum absolute atomic E-state index is 0.147. The molecule has 0 aliphatic heterocycles. The first-order valence-electron chi connectivity index (χ1n) is 8.18. The molecule has 0 saturated carbocycles. The fraction of sp³-hybridized carbons (Fsp3) is 0.211. The predicted molar refractivity (Wildman–Crippen MR) is 104 cm³/mol. The molecule has 146 valence electrons. The van der Waals surface area contributed by atoms with Gasteiger partial charge in [-0.25, -0.2) is 14.4 Å². The monoisotopic (exact) mass is 423 g/mol. The summed E-state index contributed by atoms with van der Waals surface area (Å²) in [6, 6.07) is 7.71. The molecule has 3 aromatic rings. The molecule has 0 aliphatic rings. The second kappa shape index (κ2) is 8.58. The molecule has 1 aromatic heterocycles. The summed E-state index contributed by atoms with van der Waals surface area (Å²) in [4.78, 5) is 22.0. The van der Waals surface area contributed by atoms with Crippen molar-refractivity contribution in [3.63, 3.8) is 0 Å². The molecule has 2 aromatic carbocycles. The molecule has 28 heavy (non-hydrogen) atoms. The zero-order chi connectivity index (χ0) is 20.3. The Kier molecular flexibility index (Phi) is 6.16. The first kappa shape index (κ1) is 20.1. The van der Waals surface area contributed by atoms with Crippen molar-refractivity contribution in [2.24, 2.45) is 0 Å². The lowest BCUT2D eigenvalue weighted by Crippen LogP contribution is -2.31. The quantitative estimate of drug-likeness (QED) is 0.596. The van der Waals surface area contributed by atoms with Gasteiger partial charge in [0, 0.05) is 18.6 Å². The maximum absolute atomic E-state index is 13.8. The van der Waals surface area contributed by atoms with Gasteiger partial charge in [0.25, 0.3) is 5.91 Å². The van der Waals surface area contributed by atoms with Gasteiger partial charge in [-0.3, -0.25) is 4.79 Å². The number of ether oxygens (including phenoxy) is 2. The van der Waals surface area contributed by atoms with Crippen LogP contribution < -0.4 is 9.47 Å². The Hall–Kier alpha value is -2.64. The van der Waals surface area contributed by atoms with Gasteiger partial charge < -0.3 is 14.4 Å². The molecule has 0 unspecified atom stereocenters. The smallest absolute Gasteiger partial charge is 0.260 e. The van der Waals surface area contributed by atoms with Crippen LogP contribution in [-0.4, -0.2) is 41.5 Å². The van der Waals surface area contributed by atoms with Crippen LogP contribution >= 0.6 is 23.2 Å². The van der Waals surface area contributed by atoms with Crippen LogP contribution in [0.5, 0.6) is 11.6 Å². The van der Waals surface area contributed by atoms with Crippen LogP contribution in [0.1, 0.15) is 5.56 Å². The lowest BCUT2D eigenvalue weighted by Gasteiger charge is -2.18. The SMILES string of the molecule is COc1ccc(CN(C)C(=O)COc2ncnc3c(Cl)cc(Cl)cc23)cc1F. The van der Waals surface area contributed by atoms with E-state index in [1.165, 1.54) is 30.5 Å². The molecular weight excluding hydrogens is 408 g/mol. The number of methoxy groups -OCH3 is 1. The lowest BCUT2D eigenvalue weighted by molar-refractivity contribution is -0.132. The number of aromatic nitrogens is 2. The number of nitrogens with zero attached hydrogens (tertiary/aromatic N) is 3. The number of hydrogen-bond acceptors (Lipinski definition) is 5. The third-order valence-corrected chi connectivity index (χ3v) is 4.52. The van der Waals surface area contributed by atoms with Crippen molar-refractivity contribution in [1.82, 2.24) is 14.9 Å². The number of likely N-dealkylation sites (N-methyl/N-ethyl adjacent to an activating group) is 1. The number of hydrogen-bond donors (Lipinski definition) is 0. The third-order valence-electron chi connectivity index (χ3n) is 4.01. The van der Waals surface area contributed by atoms with E-state index in [1.807, 2.05) is 0 Å². The second-order valence-corrected chi connectivity index (χ2v) is 6.81. The first-order valence-corrected chi connectivity index (χ1v) is 8.93. The average molecular weight is 424 g/mol. The highest BCUT2D eigenvalue weighted by Gasteiger charge is 2.15. The molecule has 0 atom stereocenters. The highest BCUT2D eigenvalue weighted by molar-refractivity contribution is 6.38. The van der Waals surface area contributed by atoms with Crippen LogP contribution in [-0.2, 0) is 11.3 Å². The van der Waals surface area contributed by atoms with Gasteiger partial charge in [-0.05, 0) is 29.8 Å². The topological polar surface area (TPSA) is 64.5 Å². The number of benzene rings is 2. The van der Waals surface area contributed by atoms with Crippen molar-refractivity contribution in [3.05, 3.63) is 58.1 Å². The fourth-order valence-corrected chi connectivity index (χ4v) is 3.14. The van der Waals surface area contributed by atoms with E-state index in [1.54, 1.807) is 25.2 Å². The van der Waals surface area contributed by atoms with Gasteiger partial charge in [0.2, 0.25) is 5.88 Å². The number of amides is 1. The van der Waals surface area contributed by atoms with Gasteiger partial charge in [-0.2, -0.15) is 0 Å². The minimum Gasteiger partial charge on any atom is -0.494 e. The number of halogens is 3. The van der Waals surface area contributed by atoms with Gasteiger partial charge >= 0.3 is 0 Å². The van der Waals surface area contributed by atoms with E-state index >= 15 is 0 Å². The number of rotatable bonds is 6. The highest BCUT2D eigenvalue weighted by atomic mass is 35.5. The predicted octanol–water partition coefficient (Wildman–Crippen LogP) is 4.12. The van der Waals surface area contributed by atoms with Gasteiger partial charge in [-0.15, -0.1) is 0 Å². The zero-order valence-corrected chi connectivity index (χ0v) is 16.6. The summed E-state index contributed by atoms with van der Waals surface area (Å²) in [6.07, 6.45) is 1.30. The molecule has 1 amide bonds. The Morgan fingerprint density at radius 3 is 2.71 bits per heavy atom. The molecule has 3 rings (SSSR count). The lowest BCUT2D eigenvalue weighted by atomic mass is 10.2. The first-order chi connectivity index (χ1) is 13.4. The van der Waals surface area contributed by atoms with E-state index in [2.05, 4.69) is 9.97 Å². The number of carbonyl (C=O) groups is 1. The van der Waals surface area contributed by atoms with E-state index in [9.17, 15) is 9.18 Å². The summed E-state index contributed by atoms with van der Waals surface area (Å²) in [7, 11) is 2.99. The summed E-state index contributed by atoms with van der Waals surface area (Å²) >= 11 is 12.2. The van der Waals surface area contributed by atoms with Crippen LogP contribution in [0.15, 0.2) is 36.7 Å². The normalized spacial score (nSPS) is 10.8. The zero-order valence-electron chi connectivity index (χ0n) is 15.1. The maximum atomic E-state index is 13.8. The molecule has 0 N–H and O–H groups in total. The Labute approximate surface area is 170 Å². The molecule has 1 heterocycles. The van der Waals surface area contributed by atoms with Gasteiger partial charge in [0.05, 0.1) is 23.0 Å². The van der Waals surface area contributed by atoms with Crippen LogP contribution in [0.4, 0.5) is 4.39 Å². The van der Waals surface area contributed by atoms with E-state index in [-0.39, 0.29) is 30.7 Å². The second-order valence-electron chi connectivity index (χ2n) is 5.97. The fourth-order valence-electron chi connectivity index (χ4n) is 2.59. The maximum Gasteiger partial charge on any atom is 0.260 e.